The molecule has 0 saturated carbocycles. The third-order valence-electron chi connectivity index (χ3n) is 2.15. The van der Waals surface area contributed by atoms with E-state index in [1.807, 2.05) is 0 Å². The van der Waals surface area contributed by atoms with Crippen molar-refractivity contribution >= 4 is 5.97 Å². The predicted molar refractivity (Wildman–Crippen MR) is 62.1 cm³/mol. The lowest BCUT2D eigenvalue weighted by atomic mass is 10.2. The maximum atomic E-state index is 10.8. The molecule has 0 spiro atoms. The first-order valence-corrected chi connectivity index (χ1v) is 5.07. The highest BCUT2D eigenvalue weighted by atomic mass is 16.5. The van der Waals surface area contributed by atoms with Crippen LogP contribution >= 0.6 is 0 Å². The molecule has 1 aromatic heterocycles. The van der Waals surface area contributed by atoms with Crippen LogP contribution in [0.4, 0.5) is 0 Å². The number of benzene rings is 1. The minimum Gasteiger partial charge on any atom is -0.493 e. The first-order valence-electron chi connectivity index (χ1n) is 5.07. The van der Waals surface area contributed by atoms with Gasteiger partial charge in [-0.3, -0.25) is 0 Å². The summed E-state index contributed by atoms with van der Waals surface area (Å²) in [6, 6.07) is 6.12. The molecule has 0 aliphatic carbocycles. The number of carbonyl (C=O) groups is 1. The monoisotopic (exact) mass is 246 g/mol. The van der Waals surface area contributed by atoms with Gasteiger partial charge in [-0.2, -0.15) is 0 Å². The van der Waals surface area contributed by atoms with E-state index in [2.05, 4.69) is 9.97 Å². The average Bonchev–Trinajstić information content (AvgIpc) is 2.40. The van der Waals surface area contributed by atoms with Gasteiger partial charge in [-0.25, -0.2) is 14.8 Å². The van der Waals surface area contributed by atoms with E-state index in [0.717, 1.165) is 0 Å². The van der Waals surface area contributed by atoms with Crippen molar-refractivity contribution < 1.29 is 19.4 Å². The largest absolute Gasteiger partial charge is 0.493 e. The van der Waals surface area contributed by atoms with E-state index < -0.39 is 5.97 Å². The Kier molecular flexibility index (Phi) is 3.38. The normalized spacial score (nSPS) is 9.83. The van der Waals surface area contributed by atoms with Gasteiger partial charge < -0.3 is 14.6 Å². The van der Waals surface area contributed by atoms with Crippen LogP contribution in [0.1, 0.15) is 10.4 Å². The third kappa shape index (κ3) is 2.54. The number of aromatic carboxylic acids is 1. The van der Waals surface area contributed by atoms with E-state index in [0.29, 0.717) is 11.5 Å². The van der Waals surface area contributed by atoms with E-state index in [4.69, 9.17) is 14.6 Å². The molecule has 0 radical (unpaired) electrons. The summed E-state index contributed by atoms with van der Waals surface area (Å²) in [5, 5.41) is 8.86. The average molecular weight is 246 g/mol. The topological polar surface area (TPSA) is 81.5 Å². The molecule has 1 aromatic carbocycles. The molecule has 6 nitrogen and oxygen atoms in total. The highest BCUT2D eigenvalue weighted by Gasteiger charge is 2.11. The summed E-state index contributed by atoms with van der Waals surface area (Å²) in [5.74, 6) is -0.369. The Hall–Kier alpha value is -2.63. The minimum atomic E-state index is -1.03. The molecule has 0 aliphatic rings. The van der Waals surface area contributed by atoms with Gasteiger partial charge in [0.2, 0.25) is 0 Å². The van der Waals surface area contributed by atoms with E-state index >= 15 is 0 Å². The summed E-state index contributed by atoms with van der Waals surface area (Å²) < 4.78 is 10.5. The van der Waals surface area contributed by atoms with Crippen LogP contribution in [0.5, 0.6) is 17.5 Å². The first-order chi connectivity index (χ1) is 8.70. The van der Waals surface area contributed by atoms with E-state index in [-0.39, 0.29) is 11.6 Å². The summed E-state index contributed by atoms with van der Waals surface area (Å²) in [5.41, 5.74) is 0.119. The molecule has 92 valence electrons. The zero-order valence-corrected chi connectivity index (χ0v) is 9.53. The zero-order valence-electron chi connectivity index (χ0n) is 9.53. The van der Waals surface area contributed by atoms with Crippen LogP contribution in [0.2, 0.25) is 0 Å². The molecule has 18 heavy (non-hydrogen) atoms. The Bertz CT molecular complexity index is 557. The summed E-state index contributed by atoms with van der Waals surface area (Å²) in [4.78, 5) is 18.6. The van der Waals surface area contributed by atoms with Gasteiger partial charge in [-0.05, 0) is 24.3 Å². The molecule has 1 heterocycles. The summed E-state index contributed by atoms with van der Waals surface area (Å²) in [7, 11) is 1.43. The molecule has 0 fully saturated rings. The van der Waals surface area contributed by atoms with Crippen LogP contribution in [-0.2, 0) is 0 Å². The number of carboxylic acids is 1. The standard InChI is InChI=1S/C12H10N2O4/c1-17-10-7-8(11(15)16)3-4-9(10)18-12-13-5-2-6-14-12/h2-7H,1H3,(H,15,16). The van der Waals surface area contributed by atoms with Gasteiger partial charge in [0, 0.05) is 12.4 Å². The Balaban J connectivity index is 2.31. The number of nitrogens with zero attached hydrogens (tertiary/aromatic N) is 2. The second-order valence-electron chi connectivity index (χ2n) is 3.30. The van der Waals surface area contributed by atoms with Crippen molar-refractivity contribution in [1.82, 2.24) is 9.97 Å². The second-order valence-corrected chi connectivity index (χ2v) is 3.30. The fourth-order valence-electron chi connectivity index (χ4n) is 1.32. The number of rotatable bonds is 4. The molecule has 0 atom stereocenters. The number of hydrogen-bond donors (Lipinski definition) is 1. The van der Waals surface area contributed by atoms with Gasteiger partial charge in [-0.15, -0.1) is 0 Å². The highest BCUT2D eigenvalue weighted by Crippen LogP contribution is 2.30. The van der Waals surface area contributed by atoms with Gasteiger partial charge in [0.25, 0.3) is 0 Å². The van der Waals surface area contributed by atoms with Gasteiger partial charge in [0.15, 0.2) is 11.5 Å². The molecule has 0 aliphatic heterocycles. The quantitative estimate of drug-likeness (QED) is 0.888. The molecule has 0 bridgehead atoms. The predicted octanol–water partition coefficient (Wildman–Crippen LogP) is 1.98. The first kappa shape index (κ1) is 11.8. The second kappa shape index (κ2) is 5.13. The molecule has 6 heteroatoms. The van der Waals surface area contributed by atoms with Gasteiger partial charge >= 0.3 is 12.0 Å². The van der Waals surface area contributed by atoms with E-state index in [9.17, 15) is 4.79 Å². The van der Waals surface area contributed by atoms with Crippen molar-refractivity contribution in [3.8, 4) is 17.5 Å². The van der Waals surface area contributed by atoms with Crippen molar-refractivity contribution in [3.05, 3.63) is 42.2 Å². The zero-order chi connectivity index (χ0) is 13.0. The van der Waals surface area contributed by atoms with Crippen LogP contribution in [0, 0.1) is 0 Å². The molecule has 0 unspecified atom stereocenters. The molecular weight excluding hydrogens is 236 g/mol. The van der Waals surface area contributed by atoms with Gasteiger partial charge in [-0.1, -0.05) is 0 Å². The maximum absolute atomic E-state index is 10.8. The van der Waals surface area contributed by atoms with Crippen LogP contribution in [0.15, 0.2) is 36.7 Å². The molecular formula is C12H10N2O4. The summed E-state index contributed by atoms with van der Waals surface area (Å²) >= 11 is 0. The van der Waals surface area contributed by atoms with Crippen LogP contribution in [-0.4, -0.2) is 28.2 Å². The molecule has 2 aromatic rings. The molecule has 2 rings (SSSR count). The van der Waals surface area contributed by atoms with Crippen molar-refractivity contribution in [2.45, 2.75) is 0 Å². The fraction of sp³-hybridized carbons (Fsp3) is 0.0833. The SMILES string of the molecule is COc1cc(C(=O)O)ccc1Oc1ncccn1. The Labute approximate surface area is 103 Å². The Morgan fingerprint density at radius 2 is 1.94 bits per heavy atom. The Morgan fingerprint density at radius 1 is 1.22 bits per heavy atom. The van der Waals surface area contributed by atoms with Gasteiger partial charge in [0.1, 0.15) is 0 Å². The molecule has 0 saturated heterocycles. The fourth-order valence-corrected chi connectivity index (χ4v) is 1.32. The highest BCUT2D eigenvalue weighted by molar-refractivity contribution is 5.88. The molecule has 0 amide bonds. The number of methoxy groups -OCH3 is 1. The third-order valence-corrected chi connectivity index (χ3v) is 2.15. The smallest absolute Gasteiger partial charge is 0.335 e. The lowest BCUT2D eigenvalue weighted by Crippen LogP contribution is -1.99. The lowest BCUT2D eigenvalue weighted by Gasteiger charge is -2.09. The minimum absolute atomic E-state index is 0.119. The van der Waals surface area contributed by atoms with Crippen LogP contribution < -0.4 is 9.47 Å². The number of carboxylic acid groups (broad SMARTS) is 1. The lowest BCUT2D eigenvalue weighted by molar-refractivity contribution is 0.0696. The van der Waals surface area contributed by atoms with E-state index in [1.54, 1.807) is 18.5 Å². The number of hydrogen-bond acceptors (Lipinski definition) is 5. The number of aromatic nitrogens is 2. The van der Waals surface area contributed by atoms with Crippen molar-refractivity contribution in [1.29, 1.82) is 0 Å². The Morgan fingerprint density at radius 3 is 2.56 bits per heavy atom. The molecule has 1 N–H and O–H groups in total. The van der Waals surface area contributed by atoms with Crippen molar-refractivity contribution in [2.75, 3.05) is 7.11 Å². The van der Waals surface area contributed by atoms with Crippen molar-refractivity contribution in [2.24, 2.45) is 0 Å². The maximum Gasteiger partial charge on any atom is 0.335 e. The van der Waals surface area contributed by atoms with E-state index in [1.165, 1.54) is 25.3 Å². The van der Waals surface area contributed by atoms with Gasteiger partial charge in [0.05, 0.1) is 12.7 Å². The van der Waals surface area contributed by atoms with Crippen molar-refractivity contribution in [3.63, 3.8) is 0 Å². The summed E-state index contributed by atoms with van der Waals surface area (Å²) in [6.45, 7) is 0. The number of ether oxygens (including phenoxy) is 2. The van der Waals surface area contributed by atoms with Crippen LogP contribution in [0.25, 0.3) is 0 Å². The van der Waals surface area contributed by atoms with Crippen LogP contribution in [0.3, 0.4) is 0 Å². The summed E-state index contributed by atoms with van der Waals surface area (Å²) in [6.07, 6.45) is 3.08.